The van der Waals surface area contributed by atoms with Crippen molar-refractivity contribution in [3.8, 4) is 11.1 Å². The number of hydrogen-bond acceptors (Lipinski definition) is 4. The number of aliphatic carboxylic acids is 1. The van der Waals surface area contributed by atoms with Crippen molar-refractivity contribution in [1.29, 1.82) is 0 Å². The van der Waals surface area contributed by atoms with E-state index in [9.17, 15) is 13.2 Å². The Hall–Kier alpha value is -2.25. The zero-order valence-corrected chi connectivity index (χ0v) is 15.4. The lowest BCUT2D eigenvalue weighted by molar-refractivity contribution is -0.142. The number of carbonyl (C=O) groups is 1. The van der Waals surface area contributed by atoms with Gasteiger partial charge < -0.3 is 5.11 Å². The van der Waals surface area contributed by atoms with Gasteiger partial charge in [-0.1, -0.05) is 12.1 Å². The maximum Gasteiger partial charge on any atom is 0.306 e. The number of hydrogen-bond donors (Lipinski definition) is 2. The molecular formula is C19H22N2O4S. The van der Waals surface area contributed by atoms with Crippen LogP contribution in [0.1, 0.15) is 31.2 Å². The van der Waals surface area contributed by atoms with Gasteiger partial charge in [-0.25, -0.2) is 13.1 Å². The second-order valence-electron chi connectivity index (χ2n) is 6.78. The molecule has 6 nitrogen and oxygen atoms in total. The molecule has 0 radical (unpaired) electrons. The molecular weight excluding hydrogens is 352 g/mol. The van der Waals surface area contributed by atoms with Gasteiger partial charge in [0.1, 0.15) is 0 Å². The molecule has 1 fully saturated rings. The molecule has 138 valence electrons. The van der Waals surface area contributed by atoms with Crippen LogP contribution in [0, 0.1) is 12.8 Å². The highest BCUT2D eigenvalue weighted by molar-refractivity contribution is 7.89. The molecule has 1 aliphatic carbocycles. The summed E-state index contributed by atoms with van der Waals surface area (Å²) in [5.74, 6) is -1.16. The number of benzene rings is 1. The molecule has 1 aliphatic rings. The first-order valence-corrected chi connectivity index (χ1v) is 10.1. The fourth-order valence-electron chi connectivity index (χ4n) is 3.29. The fourth-order valence-corrected chi connectivity index (χ4v) is 4.59. The average Bonchev–Trinajstić information content (AvgIpc) is 2.62. The summed E-state index contributed by atoms with van der Waals surface area (Å²) < 4.78 is 27.9. The molecule has 3 rings (SSSR count). The van der Waals surface area contributed by atoms with E-state index in [4.69, 9.17) is 5.11 Å². The lowest BCUT2D eigenvalue weighted by Gasteiger charge is -2.26. The van der Waals surface area contributed by atoms with Crippen LogP contribution in [0.5, 0.6) is 0 Å². The third-order valence-electron chi connectivity index (χ3n) is 4.77. The summed E-state index contributed by atoms with van der Waals surface area (Å²) in [7, 11) is -3.62. The molecule has 0 atom stereocenters. The molecule has 0 amide bonds. The molecule has 0 spiro atoms. The number of aromatic nitrogens is 1. The lowest BCUT2D eigenvalue weighted by Crippen LogP contribution is -2.38. The third kappa shape index (κ3) is 4.28. The van der Waals surface area contributed by atoms with Gasteiger partial charge in [0, 0.05) is 24.0 Å². The van der Waals surface area contributed by atoms with Gasteiger partial charge in [-0.15, -0.1) is 0 Å². The number of carboxylic acid groups (broad SMARTS) is 1. The highest BCUT2D eigenvalue weighted by Gasteiger charge is 2.28. The normalized spacial score (nSPS) is 20.7. The van der Waals surface area contributed by atoms with Gasteiger partial charge in [0.15, 0.2) is 0 Å². The van der Waals surface area contributed by atoms with Crippen molar-refractivity contribution in [2.24, 2.45) is 5.92 Å². The van der Waals surface area contributed by atoms with Gasteiger partial charge in [0.2, 0.25) is 10.0 Å². The second kappa shape index (κ2) is 7.55. The molecule has 1 heterocycles. The Morgan fingerprint density at radius 1 is 1.08 bits per heavy atom. The number of aryl methyl sites for hydroxylation is 1. The van der Waals surface area contributed by atoms with Gasteiger partial charge in [0.25, 0.3) is 0 Å². The van der Waals surface area contributed by atoms with E-state index in [-0.39, 0.29) is 16.9 Å². The van der Waals surface area contributed by atoms with E-state index in [1.54, 1.807) is 36.7 Å². The predicted molar refractivity (Wildman–Crippen MR) is 98.1 cm³/mol. The number of nitrogens with one attached hydrogen (secondary N) is 1. The quantitative estimate of drug-likeness (QED) is 0.839. The van der Waals surface area contributed by atoms with Crippen LogP contribution >= 0.6 is 0 Å². The highest BCUT2D eigenvalue weighted by Crippen LogP contribution is 2.26. The Morgan fingerprint density at radius 2 is 1.73 bits per heavy atom. The van der Waals surface area contributed by atoms with Gasteiger partial charge >= 0.3 is 5.97 Å². The summed E-state index contributed by atoms with van der Waals surface area (Å²) in [6.07, 6.45) is 5.61. The number of sulfonamides is 1. The third-order valence-corrected chi connectivity index (χ3v) is 6.31. The smallest absolute Gasteiger partial charge is 0.306 e. The van der Waals surface area contributed by atoms with E-state index in [1.165, 1.54) is 0 Å². The molecule has 26 heavy (non-hydrogen) atoms. The lowest BCUT2D eigenvalue weighted by atomic mass is 9.87. The summed E-state index contributed by atoms with van der Waals surface area (Å²) in [5, 5.41) is 9.03. The summed E-state index contributed by atoms with van der Waals surface area (Å²) in [6.45, 7) is 1.96. The molecule has 1 saturated carbocycles. The Balaban J connectivity index is 1.69. The number of carboxylic acids is 1. The molecule has 1 aromatic heterocycles. The first kappa shape index (κ1) is 18.5. The van der Waals surface area contributed by atoms with Crippen LogP contribution in [-0.2, 0) is 14.8 Å². The van der Waals surface area contributed by atoms with Crippen molar-refractivity contribution in [1.82, 2.24) is 9.71 Å². The van der Waals surface area contributed by atoms with Crippen molar-refractivity contribution in [2.75, 3.05) is 0 Å². The molecule has 0 unspecified atom stereocenters. The zero-order valence-electron chi connectivity index (χ0n) is 14.6. The van der Waals surface area contributed by atoms with Crippen LogP contribution in [0.25, 0.3) is 11.1 Å². The van der Waals surface area contributed by atoms with Crippen molar-refractivity contribution in [2.45, 2.75) is 43.5 Å². The number of rotatable bonds is 5. The minimum atomic E-state index is -3.62. The minimum absolute atomic E-state index is 0.210. The van der Waals surface area contributed by atoms with Crippen LogP contribution in [-0.4, -0.2) is 30.5 Å². The summed E-state index contributed by atoms with van der Waals surface area (Å²) in [6, 6.07) is 8.50. The standard InChI is InChI=1S/C19H22N2O4S/c1-13-10-16(12-20-11-13)14-4-8-18(9-5-14)26(24,25)21-17-6-2-15(3-7-17)19(22)23/h4-5,8-12,15,17,21H,2-3,6-7H2,1H3,(H,22,23)/t15-,17-. The van der Waals surface area contributed by atoms with Crippen LogP contribution in [0.4, 0.5) is 0 Å². The molecule has 0 saturated heterocycles. The molecule has 2 aromatic rings. The van der Waals surface area contributed by atoms with E-state index in [0.717, 1.165) is 16.7 Å². The SMILES string of the molecule is Cc1cncc(-c2ccc(S(=O)(=O)N[C@H]3CC[C@H](C(=O)O)CC3)cc2)c1. The average molecular weight is 374 g/mol. The monoisotopic (exact) mass is 374 g/mol. The van der Waals surface area contributed by atoms with Crippen molar-refractivity contribution in [3.63, 3.8) is 0 Å². The number of nitrogens with zero attached hydrogens (tertiary/aromatic N) is 1. The van der Waals surface area contributed by atoms with Gasteiger partial charge in [-0.2, -0.15) is 0 Å². The number of pyridine rings is 1. The van der Waals surface area contributed by atoms with Gasteiger partial charge in [-0.05, 0) is 61.9 Å². The van der Waals surface area contributed by atoms with Crippen molar-refractivity contribution >= 4 is 16.0 Å². The van der Waals surface area contributed by atoms with Crippen LogP contribution in [0.2, 0.25) is 0 Å². The maximum absolute atomic E-state index is 12.6. The minimum Gasteiger partial charge on any atom is -0.481 e. The second-order valence-corrected chi connectivity index (χ2v) is 8.50. The molecule has 2 N–H and O–H groups in total. The maximum atomic E-state index is 12.6. The first-order valence-electron chi connectivity index (χ1n) is 8.62. The molecule has 1 aromatic carbocycles. The summed E-state index contributed by atoms with van der Waals surface area (Å²) in [5.41, 5.74) is 2.88. The first-order chi connectivity index (χ1) is 12.3. The Labute approximate surface area is 153 Å². The van der Waals surface area contributed by atoms with E-state index >= 15 is 0 Å². The van der Waals surface area contributed by atoms with Crippen LogP contribution < -0.4 is 4.72 Å². The van der Waals surface area contributed by atoms with E-state index in [0.29, 0.717) is 25.7 Å². The molecule has 0 bridgehead atoms. The zero-order chi connectivity index (χ0) is 18.7. The summed E-state index contributed by atoms with van der Waals surface area (Å²) >= 11 is 0. The van der Waals surface area contributed by atoms with Gasteiger partial charge in [-0.3, -0.25) is 9.78 Å². The summed E-state index contributed by atoms with van der Waals surface area (Å²) in [4.78, 5) is 15.4. The van der Waals surface area contributed by atoms with Crippen molar-refractivity contribution < 1.29 is 18.3 Å². The molecule has 7 heteroatoms. The Morgan fingerprint density at radius 3 is 2.31 bits per heavy atom. The Bertz CT molecular complexity index is 886. The van der Waals surface area contributed by atoms with E-state index in [1.807, 2.05) is 13.0 Å². The topological polar surface area (TPSA) is 96.4 Å². The Kier molecular flexibility index (Phi) is 5.38. The molecule has 0 aliphatic heterocycles. The van der Waals surface area contributed by atoms with Gasteiger partial charge in [0.05, 0.1) is 10.8 Å². The van der Waals surface area contributed by atoms with Crippen molar-refractivity contribution in [3.05, 3.63) is 48.3 Å². The van der Waals surface area contributed by atoms with E-state index < -0.39 is 16.0 Å². The predicted octanol–water partition coefficient (Wildman–Crippen LogP) is 2.98. The van der Waals surface area contributed by atoms with Crippen LogP contribution in [0.3, 0.4) is 0 Å². The van der Waals surface area contributed by atoms with Crippen LogP contribution in [0.15, 0.2) is 47.6 Å². The largest absolute Gasteiger partial charge is 0.481 e. The fraction of sp³-hybridized carbons (Fsp3) is 0.368. The van der Waals surface area contributed by atoms with E-state index in [2.05, 4.69) is 9.71 Å². The highest BCUT2D eigenvalue weighted by atomic mass is 32.2.